The molecule has 1 aliphatic heterocycles. The quantitative estimate of drug-likeness (QED) is 0.862. The molecule has 0 aromatic heterocycles. The second kappa shape index (κ2) is 6.32. The van der Waals surface area contributed by atoms with E-state index in [0.717, 1.165) is 24.2 Å². The monoisotopic (exact) mass is 295 g/mol. The maximum Gasteiger partial charge on any atom is 0.321 e. The second-order valence-electron chi connectivity index (χ2n) is 5.64. The Morgan fingerprint density at radius 3 is 2.09 bits per heavy atom. The van der Waals surface area contributed by atoms with Crippen LogP contribution in [-0.4, -0.2) is 25.7 Å². The largest absolute Gasteiger partial charge is 0.464 e. The normalized spacial score (nSPS) is 19.9. The maximum atomic E-state index is 12.8. The summed E-state index contributed by atoms with van der Waals surface area (Å²) in [5.41, 5.74) is 1.29. The van der Waals surface area contributed by atoms with Crippen LogP contribution in [0.1, 0.15) is 18.1 Å². The van der Waals surface area contributed by atoms with Gasteiger partial charge in [-0.1, -0.05) is 67.6 Å². The molecule has 1 fully saturated rings. The molecule has 0 bridgehead atoms. The van der Waals surface area contributed by atoms with Gasteiger partial charge in [0.05, 0.1) is 6.61 Å². The average Bonchev–Trinajstić information content (AvgIpc) is 2.92. The van der Waals surface area contributed by atoms with Crippen LogP contribution < -0.4 is 5.32 Å². The Hall–Kier alpha value is -2.13. The number of hydrogen-bond acceptors (Lipinski definition) is 3. The van der Waals surface area contributed by atoms with Gasteiger partial charge in [0.1, 0.15) is 5.41 Å². The standard InChI is InChI=1S/C19H21NO2/c1-2-20-13-17-14-22-18(21)19(17,15-9-5-3-6-10-15)16-11-7-4-8-12-16/h3-12,17,20H,2,13-14H2,1H3. The predicted octanol–water partition coefficient (Wildman–Crippen LogP) is 2.76. The molecule has 0 saturated carbocycles. The first-order valence-corrected chi connectivity index (χ1v) is 7.79. The molecule has 22 heavy (non-hydrogen) atoms. The minimum atomic E-state index is -0.718. The summed E-state index contributed by atoms with van der Waals surface area (Å²) < 4.78 is 5.51. The number of benzene rings is 2. The third kappa shape index (κ3) is 2.32. The highest BCUT2D eigenvalue weighted by Gasteiger charge is 2.54. The molecule has 1 saturated heterocycles. The fraction of sp³-hybridized carbons (Fsp3) is 0.316. The Labute approximate surface area is 131 Å². The van der Waals surface area contributed by atoms with Crippen LogP contribution in [0, 0.1) is 5.92 Å². The minimum absolute atomic E-state index is 0.0877. The van der Waals surface area contributed by atoms with E-state index in [0.29, 0.717) is 6.61 Å². The van der Waals surface area contributed by atoms with E-state index in [1.165, 1.54) is 0 Å². The summed E-state index contributed by atoms with van der Waals surface area (Å²) in [6.07, 6.45) is 0. The van der Waals surface area contributed by atoms with Gasteiger partial charge in [0, 0.05) is 12.5 Å². The Morgan fingerprint density at radius 2 is 1.59 bits per heavy atom. The zero-order valence-electron chi connectivity index (χ0n) is 12.8. The number of carbonyl (C=O) groups is 1. The number of cyclic esters (lactones) is 1. The molecule has 0 aliphatic carbocycles. The number of ether oxygens (including phenoxy) is 1. The third-order valence-corrected chi connectivity index (χ3v) is 4.45. The fourth-order valence-electron chi connectivity index (χ4n) is 3.39. The lowest BCUT2D eigenvalue weighted by atomic mass is 9.67. The molecule has 2 aromatic rings. The van der Waals surface area contributed by atoms with Crippen LogP contribution in [-0.2, 0) is 14.9 Å². The van der Waals surface area contributed by atoms with Crippen molar-refractivity contribution in [1.29, 1.82) is 0 Å². The molecule has 0 radical (unpaired) electrons. The highest BCUT2D eigenvalue weighted by atomic mass is 16.5. The van der Waals surface area contributed by atoms with Crippen molar-refractivity contribution in [2.45, 2.75) is 12.3 Å². The van der Waals surface area contributed by atoms with Gasteiger partial charge in [-0.3, -0.25) is 4.79 Å². The van der Waals surface area contributed by atoms with Crippen LogP contribution in [0.25, 0.3) is 0 Å². The molecule has 114 valence electrons. The van der Waals surface area contributed by atoms with Crippen molar-refractivity contribution < 1.29 is 9.53 Å². The predicted molar refractivity (Wildman–Crippen MR) is 86.7 cm³/mol. The summed E-state index contributed by atoms with van der Waals surface area (Å²) in [6.45, 7) is 4.16. The first-order chi connectivity index (χ1) is 10.8. The van der Waals surface area contributed by atoms with Gasteiger partial charge >= 0.3 is 5.97 Å². The van der Waals surface area contributed by atoms with Crippen LogP contribution in [0.5, 0.6) is 0 Å². The van der Waals surface area contributed by atoms with Gasteiger partial charge in [-0.15, -0.1) is 0 Å². The SMILES string of the molecule is CCNCC1COC(=O)C1(c1ccccc1)c1ccccc1. The summed E-state index contributed by atoms with van der Waals surface area (Å²) in [6, 6.07) is 20.0. The smallest absolute Gasteiger partial charge is 0.321 e. The van der Waals surface area contributed by atoms with Gasteiger partial charge in [0.2, 0.25) is 0 Å². The summed E-state index contributed by atoms with van der Waals surface area (Å²) in [7, 11) is 0. The van der Waals surface area contributed by atoms with Gasteiger partial charge < -0.3 is 10.1 Å². The molecule has 1 N–H and O–H groups in total. The Morgan fingerprint density at radius 1 is 1.05 bits per heavy atom. The van der Waals surface area contributed by atoms with Gasteiger partial charge in [-0.05, 0) is 17.7 Å². The first kappa shape index (κ1) is 14.8. The molecular formula is C19H21NO2. The fourth-order valence-corrected chi connectivity index (χ4v) is 3.39. The Balaban J connectivity index is 2.16. The zero-order chi connectivity index (χ0) is 15.4. The highest BCUT2D eigenvalue weighted by Crippen LogP contribution is 2.44. The molecule has 1 atom stereocenters. The molecule has 3 heteroatoms. The van der Waals surface area contributed by atoms with E-state index in [4.69, 9.17) is 4.74 Å². The van der Waals surface area contributed by atoms with E-state index >= 15 is 0 Å². The van der Waals surface area contributed by atoms with Crippen molar-refractivity contribution in [3.05, 3.63) is 71.8 Å². The summed E-state index contributed by atoms with van der Waals surface area (Å²) in [5.74, 6) is -0.0578. The second-order valence-corrected chi connectivity index (χ2v) is 5.64. The van der Waals surface area contributed by atoms with E-state index in [-0.39, 0.29) is 11.9 Å². The lowest BCUT2D eigenvalue weighted by Crippen LogP contribution is -2.43. The third-order valence-electron chi connectivity index (χ3n) is 4.45. The summed E-state index contributed by atoms with van der Waals surface area (Å²) >= 11 is 0. The van der Waals surface area contributed by atoms with E-state index in [2.05, 4.69) is 12.2 Å². The first-order valence-electron chi connectivity index (χ1n) is 7.79. The molecular weight excluding hydrogens is 274 g/mol. The van der Waals surface area contributed by atoms with Crippen LogP contribution in [0.2, 0.25) is 0 Å². The Bertz CT molecular complexity index is 585. The Kier molecular flexibility index (Phi) is 4.25. The molecule has 1 unspecified atom stereocenters. The lowest BCUT2D eigenvalue weighted by molar-refractivity contribution is -0.141. The van der Waals surface area contributed by atoms with Crippen molar-refractivity contribution in [3.8, 4) is 0 Å². The van der Waals surface area contributed by atoms with Crippen molar-refractivity contribution in [2.75, 3.05) is 19.7 Å². The lowest BCUT2D eigenvalue weighted by Gasteiger charge is -2.32. The number of esters is 1. The summed E-state index contributed by atoms with van der Waals surface area (Å²) in [4.78, 5) is 12.8. The average molecular weight is 295 g/mol. The molecule has 3 rings (SSSR count). The highest BCUT2D eigenvalue weighted by molar-refractivity contribution is 5.90. The van der Waals surface area contributed by atoms with Crippen molar-refractivity contribution in [1.82, 2.24) is 5.32 Å². The molecule has 1 heterocycles. The molecule has 1 aliphatic rings. The van der Waals surface area contributed by atoms with Gasteiger partial charge in [0.15, 0.2) is 0 Å². The topological polar surface area (TPSA) is 38.3 Å². The number of nitrogens with one attached hydrogen (secondary N) is 1. The van der Waals surface area contributed by atoms with E-state index < -0.39 is 5.41 Å². The van der Waals surface area contributed by atoms with E-state index in [9.17, 15) is 4.79 Å². The van der Waals surface area contributed by atoms with Crippen LogP contribution in [0.15, 0.2) is 60.7 Å². The molecule has 2 aromatic carbocycles. The number of hydrogen-bond donors (Lipinski definition) is 1. The number of carbonyl (C=O) groups excluding carboxylic acids is 1. The van der Waals surface area contributed by atoms with Gasteiger partial charge in [0.25, 0.3) is 0 Å². The van der Waals surface area contributed by atoms with Crippen molar-refractivity contribution in [3.63, 3.8) is 0 Å². The zero-order valence-corrected chi connectivity index (χ0v) is 12.8. The van der Waals surface area contributed by atoms with E-state index in [1.54, 1.807) is 0 Å². The maximum absolute atomic E-state index is 12.8. The van der Waals surface area contributed by atoms with Crippen molar-refractivity contribution >= 4 is 5.97 Å². The molecule has 0 amide bonds. The van der Waals surface area contributed by atoms with Gasteiger partial charge in [-0.25, -0.2) is 0 Å². The van der Waals surface area contributed by atoms with E-state index in [1.807, 2.05) is 60.7 Å². The van der Waals surface area contributed by atoms with Gasteiger partial charge in [-0.2, -0.15) is 0 Å². The molecule has 0 spiro atoms. The summed E-state index contributed by atoms with van der Waals surface area (Å²) in [5, 5.41) is 3.37. The van der Waals surface area contributed by atoms with Crippen LogP contribution in [0.4, 0.5) is 0 Å². The van der Waals surface area contributed by atoms with Crippen LogP contribution >= 0.6 is 0 Å². The minimum Gasteiger partial charge on any atom is -0.464 e. The number of rotatable bonds is 5. The van der Waals surface area contributed by atoms with Crippen molar-refractivity contribution in [2.24, 2.45) is 5.92 Å². The van der Waals surface area contributed by atoms with Crippen LogP contribution in [0.3, 0.4) is 0 Å². The molecule has 3 nitrogen and oxygen atoms in total.